The van der Waals surface area contributed by atoms with Crippen LogP contribution in [0.15, 0.2) is 72.0 Å². The molecule has 3 amide bonds. The average molecular weight is 891 g/mol. The maximum absolute atomic E-state index is 14.2. The number of carbonyl (C=O) groups excluding carboxylic acids is 3. The summed E-state index contributed by atoms with van der Waals surface area (Å²) in [5, 5.41) is 40.1. The number of aryl methyl sites for hydroxylation is 1. The predicted molar refractivity (Wildman–Crippen MR) is 241 cm³/mol. The zero-order valence-corrected chi connectivity index (χ0v) is 37.3. The molecule has 19 heteroatoms. The van der Waals surface area contributed by atoms with Gasteiger partial charge in [0.25, 0.3) is 5.91 Å². The molecule has 64 heavy (non-hydrogen) atoms. The van der Waals surface area contributed by atoms with E-state index in [4.69, 9.17) is 10.5 Å². The van der Waals surface area contributed by atoms with Crippen molar-refractivity contribution in [3.8, 4) is 22.8 Å². The first-order valence-electron chi connectivity index (χ1n) is 21.5. The molecule has 2 saturated heterocycles. The predicted octanol–water partition coefficient (Wildman–Crippen LogP) is 4.22. The summed E-state index contributed by atoms with van der Waals surface area (Å²) in [4.78, 5) is 59.2. The molecule has 1 aromatic carbocycles. The number of amides is 3. The number of nitrogens with zero attached hydrogens (tertiary/aromatic N) is 9. The second kappa shape index (κ2) is 18.3. The third kappa shape index (κ3) is 9.40. The molecule has 5 atom stereocenters. The van der Waals surface area contributed by atoms with Crippen molar-refractivity contribution in [2.24, 2.45) is 5.41 Å². The molecular weight excluding hydrogens is 837 g/mol. The van der Waals surface area contributed by atoms with Crippen molar-refractivity contribution in [3.05, 3.63) is 82.6 Å². The standard InChI is InChI=1S/C45H54N12O6S/c1-25(27-10-12-28(13-11-27)39-26(2)49-24-64-39)50-42(61)35-18-30(58)22-56(35)43(62)40(45(3,4)5)51-37(60)23-63-31-20-47-44(48-21-31)55-16-14-29(15-17-55)57-34-19-33(32-8-6-7-9-36(32)59)52-53-38(34)41(46)54-57/h6-12,19-21,24-25,28-30,35,40,58-59H,13-18,22-23H2,1-5H3,(H2,46,54)(H,50,61)(H,51,60)/t25-,28?,30+,35-,40+/m0/s1. The quantitative estimate of drug-likeness (QED) is 0.118. The Bertz CT molecular complexity index is 2580. The molecule has 336 valence electrons. The number of phenols is 1. The van der Waals surface area contributed by atoms with Gasteiger partial charge in [0, 0.05) is 42.4 Å². The summed E-state index contributed by atoms with van der Waals surface area (Å²) >= 11 is 1.64. The van der Waals surface area contributed by atoms with Gasteiger partial charge in [0.1, 0.15) is 17.8 Å². The van der Waals surface area contributed by atoms with E-state index in [1.165, 1.54) is 22.2 Å². The van der Waals surface area contributed by atoms with E-state index in [9.17, 15) is 24.6 Å². The number of aliphatic hydroxyl groups excluding tert-OH is 1. The molecular formula is C45H54N12O6S. The average Bonchev–Trinajstić information content (AvgIpc) is 4.00. The number of para-hydroxylation sites is 1. The molecule has 0 bridgehead atoms. The molecule has 2 fully saturated rings. The number of hydrogen-bond donors (Lipinski definition) is 5. The lowest BCUT2D eigenvalue weighted by atomic mass is 9.85. The number of aromatic nitrogens is 7. The minimum absolute atomic E-state index is 0.0277. The molecule has 1 aliphatic carbocycles. The van der Waals surface area contributed by atoms with Gasteiger partial charge in [-0.15, -0.1) is 21.5 Å². The third-order valence-electron chi connectivity index (χ3n) is 12.1. The lowest BCUT2D eigenvalue weighted by Crippen LogP contribution is -2.58. The van der Waals surface area contributed by atoms with Gasteiger partial charge in [-0.3, -0.25) is 19.1 Å². The van der Waals surface area contributed by atoms with Crippen LogP contribution in [0.3, 0.4) is 0 Å². The topological polar surface area (TPSA) is 240 Å². The number of nitrogens with two attached hydrogens (primary N) is 1. The second-order valence-electron chi connectivity index (χ2n) is 17.7. The molecule has 1 unspecified atom stereocenters. The summed E-state index contributed by atoms with van der Waals surface area (Å²) in [5.41, 5.74) is 11.7. The van der Waals surface area contributed by atoms with Gasteiger partial charge in [0.05, 0.1) is 53.0 Å². The summed E-state index contributed by atoms with van der Waals surface area (Å²) in [6, 6.07) is 6.59. The maximum atomic E-state index is 14.2. The Kier molecular flexibility index (Phi) is 12.6. The number of nitrogen functional groups attached to an aromatic ring is 1. The van der Waals surface area contributed by atoms with Crippen molar-refractivity contribution in [2.45, 2.75) is 96.5 Å². The maximum Gasteiger partial charge on any atom is 0.258 e. The number of aromatic hydroxyl groups is 1. The number of carbonyl (C=O) groups is 3. The molecule has 6 heterocycles. The Morgan fingerprint density at radius 2 is 1.81 bits per heavy atom. The Balaban J connectivity index is 0.837. The van der Waals surface area contributed by atoms with Gasteiger partial charge in [0.15, 0.2) is 23.7 Å². The highest BCUT2D eigenvalue weighted by Crippen LogP contribution is 2.35. The van der Waals surface area contributed by atoms with E-state index in [0.717, 1.165) is 36.0 Å². The van der Waals surface area contributed by atoms with Crippen LogP contribution in [-0.4, -0.2) is 118 Å². The van der Waals surface area contributed by atoms with Gasteiger partial charge < -0.3 is 41.1 Å². The zero-order chi connectivity index (χ0) is 45.3. The van der Waals surface area contributed by atoms with Crippen molar-refractivity contribution in [1.82, 2.24) is 50.5 Å². The van der Waals surface area contributed by atoms with Crippen molar-refractivity contribution in [2.75, 3.05) is 36.9 Å². The first-order chi connectivity index (χ1) is 30.6. The van der Waals surface area contributed by atoms with Gasteiger partial charge >= 0.3 is 0 Å². The summed E-state index contributed by atoms with van der Waals surface area (Å²) in [7, 11) is 0. The zero-order valence-electron chi connectivity index (χ0n) is 36.5. The minimum Gasteiger partial charge on any atom is -0.507 e. The van der Waals surface area contributed by atoms with Crippen LogP contribution in [0.2, 0.25) is 0 Å². The number of phenolic OH excluding ortho intramolecular Hbond substituents is 1. The molecule has 6 N–H and O–H groups in total. The van der Waals surface area contributed by atoms with Crippen LogP contribution in [0, 0.1) is 12.3 Å². The van der Waals surface area contributed by atoms with E-state index < -0.39 is 42.0 Å². The van der Waals surface area contributed by atoms with Gasteiger partial charge in [-0.2, -0.15) is 5.10 Å². The Morgan fingerprint density at radius 3 is 2.48 bits per heavy atom. The molecule has 8 rings (SSSR count). The number of anilines is 2. The van der Waals surface area contributed by atoms with Gasteiger partial charge in [-0.05, 0) is 62.3 Å². The lowest BCUT2D eigenvalue weighted by Gasteiger charge is -2.35. The number of likely N-dealkylation sites (tertiary alicyclic amines) is 1. The summed E-state index contributed by atoms with van der Waals surface area (Å²) in [6.07, 6.45) is 10.7. The van der Waals surface area contributed by atoms with Gasteiger partial charge in [0.2, 0.25) is 17.8 Å². The Morgan fingerprint density at radius 1 is 1.06 bits per heavy atom. The van der Waals surface area contributed by atoms with E-state index in [1.807, 2.05) is 63.0 Å². The molecule has 3 aliphatic rings. The van der Waals surface area contributed by atoms with Crippen LogP contribution < -0.4 is 26.0 Å². The molecule has 4 aromatic heterocycles. The third-order valence-corrected chi connectivity index (χ3v) is 13.2. The largest absolute Gasteiger partial charge is 0.507 e. The highest BCUT2D eigenvalue weighted by molar-refractivity contribution is 7.09. The summed E-state index contributed by atoms with van der Waals surface area (Å²) in [5.74, 6) is 0.0511. The SMILES string of the molecule is Cc1ncsc1C1C=CC([C@H](C)NC(=O)[C@@H]2C[C@@H](O)CN2C(=O)[C@@H](NC(=O)COc2cnc(N3CCC(n4nc(N)c5nnc(-c6ccccc6O)cc54)CC3)nc2)C(C)(C)C)=CC1. The van der Waals surface area contributed by atoms with E-state index in [-0.39, 0.29) is 54.2 Å². The van der Waals surface area contributed by atoms with E-state index in [0.29, 0.717) is 35.8 Å². The van der Waals surface area contributed by atoms with Gasteiger partial charge in [-0.1, -0.05) is 51.1 Å². The number of allylic oxidation sites excluding steroid dienone is 2. The van der Waals surface area contributed by atoms with Crippen LogP contribution in [0.1, 0.15) is 75.9 Å². The van der Waals surface area contributed by atoms with Crippen LogP contribution in [0.25, 0.3) is 22.3 Å². The van der Waals surface area contributed by atoms with Crippen molar-refractivity contribution in [3.63, 3.8) is 0 Å². The van der Waals surface area contributed by atoms with Gasteiger partial charge in [-0.25, -0.2) is 15.0 Å². The highest BCUT2D eigenvalue weighted by Gasteiger charge is 2.45. The fraction of sp³-hybridized carbons (Fsp3) is 0.444. The molecule has 5 aromatic rings. The lowest BCUT2D eigenvalue weighted by molar-refractivity contribution is -0.144. The number of fused-ring (bicyclic) bond motifs is 1. The van der Waals surface area contributed by atoms with E-state index in [1.54, 1.807) is 29.5 Å². The van der Waals surface area contributed by atoms with Crippen LogP contribution >= 0.6 is 11.3 Å². The second-order valence-corrected chi connectivity index (χ2v) is 18.6. The number of ether oxygens (including phenoxy) is 1. The molecule has 0 saturated carbocycles. The van der Waals surface area contributed by atoms with Crippen LogP contribution in [0.4, 0.5) is 11.8 Å². The number of nitrogens with one attached hydrogen (secondary N) is 2. The number of piperidine rings is 1. The van der Waals surface area contributed by atoms with Crippen LogP contribution in [0.5, 0.6) is 11.5 Å². The number of β-amino-alcohol motifs (C(OH)–C–C–N with tert-alkyl or cyclic N) is 1. The fourth-order valence-electron chi connectivity index (χ4n) is 8.60. The number of aliphatic hydroxyl groups is 1. The smallest absolute Gasteiger partial charge is 0.258 e. The van der Waals surface area contributed by atoms with E-state index in [2.05, 4.69) is 57.9 Å². The Labute approximate surface area is 374 Å². The molecule has 2 aliphatic heterocycles. The monoisotopic (exact) mass is 890 g/mol. The number of rotatable bonds is 12. The summed E-state index contributed by atoms with van der Waals surface area (Å²) in [6.45, 7) is 10.2. The molecule has 0 radical (unpaired) electrons. The minimum atomic E-state index is -1.01. The molecule has 0 spiro atoms. The highest BCUT2D eigenvalue weighted by atomic mass is 32.1. The van der Waals surface area contributed by atoms with Crippen molar-refractivity contribution < 1.29 is 29.3 Å². The normalized spacial score (nSPS) is 20.2. The fourth-order valence-corrected chi connectivity index (χ4v) is 9.50. The number of hydrogen-bond acceptors (Lipinski definition) is 15. The van der Waals surface area contributed by atoms with Crippen molar-refractivity contribution in [1.29, 1.82) is 0 Å². The summed E-state index contributed by atoms with van der Waals surface area (Å²) < 4.78 is 7.65. The first-order valence-corrected chi connectivity index (χ1v) is 22.4. The van der Waals surface area contributed by atoms with Crippen molar-refractivity contribution >= 4 is 51.9 Å². The Hall–Kier alpha value is -6.47. The van der Waals surface area contributed by atoms with E-state index >= 15 is 0 Å². The first kappa shape index (κ1) is 44.1. The molecule has 18 nitrogen and oxygen atoms in total. The number of thiazole rings is 1. The number of benzene rings is 1. The van der Waals surface area contributed by atoms with Crippen LogP contribution in [-0.2, 0) is 14.4 Å².